The molecule has 5 rings (SSSR count). The quantitative estimate of drug-likeness (QED) is 0.555. The summed E-state index contributed by atoms with van der Waals surface area (Å²) in [7, 11) is 1.78. The third-order valence-corrected chi connectivity index (χ3v) is 8.69. The van der Waals surface area contributed by atoms with Gasteiger partial charge in [0.25, 0.3) is 0 Å². The number of benzene rings is 1. The molecule has 2 heterocycles. The summed E-state index contributed by atoms with van der Waals surface area (Å²) >= 11 is 6.07. The number of hydrogen-bond acceptors (Lipinski definition) is 6. The summed E-state index contributed by atoms with van der Waals surface area (Å²) in [5.41, 5.74) is 0.750. The number of carbonyl (C=O) groups excluding carboxylic acids is 1. The van der Waals surface area contributed by atoms with Crippen LogP contribution in [0.3, 0.4) is 0 Å². The molecule has 0 unspecified atom stereocenters. The lowest BCUT2D eigenvalue weighted by Gasteiger charge is -2.36. The zero-order chi connectivity index (χ0) is 24.2. The maximum absolute atomic E-state index is 12.5. The van der Waals surface area contributed by atoms with Gasteiger partial charge < -0.3 is 19.5 Å². The molecule has 3 fully saturated rings. The van der Waals surface area contributed by atoms with Gasteiger partial charge in [0.2, 0.25) is 5.91 Å². The summed E-state index contributed by atoms with van der Waals surface area (Å²) in [6.45, 7) is 5.20. The molecule has 35 heavy (non-hydrogen) atoms. The van der Waals surface area contributed by atoms with Gasteiger partial charge in [-0.3, -0.25) is 9.69 Å². The van der Waals surface area contributed by atoms with Crippen LogP contribution in [0.1, 0.15) is 57.8 Å². The fourth-order valence-corrected chi connectivity index (χ4v) is 6.41. The van der Waals surface area contributed by atoms with E-state index in [2.05, 4.69) is 20.3 Å². The predicted octanol–water partition coefficient (Wildman–Crippen LogP) is 4.87. The van der Waals surface area contributed by atoms with E-state index >= 15 is 0 Å². The van der Waals surface area contributed by atoms with Crippen molar-refractivity contribution in [1.29, 1.82) is 0 Å². The summed E-state index contributed by atoms with van der Waals surface area (Å²) in [6, 6.07) is 6.10. The first kappa shape index (κ1) is 24.8. The molecule has 3 aliphatic rings. The molecule has 2 atom stereocenters. The summed E-state index contributed by atoms with van der Waals surface area (Å²) in [5, 5.41) is 9.34. The van der Waals surface area contributed by atoms with Gasteiger partial charge >= 0.3 is 0 Å². The lowest BCUT2D eigenvalue weighted by Crippen LogP contribution is -2.47. The number of ether oxygens (including phenoxy) is 1. The minimum absolute atomic E-state index is 0.246. The van der Waals surface area contributed by atoms with Gasteiger partial charge in [-0.25, -0.2) is 0 Å². The summed E-state index contributed by atoms with van der Waals surface area (Å²) in [5.74, 6) is 2.46. The van der Waals surface area contributed by atoms with Crippen molar-refractivity contribution >= 4 is 34.3 Å². The lowest BCUT2D eigenvalue weighted by atomic mass is 9.84. The van der Waals surface area contributed by atoms with Crippen LogP contribution in [-0.4, -0.2) is 67.9 Å². The standard InChI is InChI=1S/C27H39ClN4O3/c1-34-23-8-4-20(16-23)17-26(33)29-22-6-2-19(3-7-22)10-11-31-12-14-32(15-13-31)27-24-9-5-21(28)18-25(24)35-30-27/h5,9,18-20,22-23H,2-4,6-8,10-17H2,1H3,(H,29,33)/t19-,20-,22-,23-/m1/s1. The average molecular weight is 503 g/mol. The van der Waals surface area contributed by atoms with E-state index in [0.29, 0.717) is 29.5 Å². The number of anilines is 1. The maximum atomic E-state index is 12.5. The van der Waals surface area contributed by atoms with Crippen LogP contribution in [0.25, 0.3) is 11.0 Å². The average Bonchev–Trinajstić information content (AvgIpc) is 3.50. The number of hydrogen-bond donors (Lipinski definition) is 1. The molecule has 1 aliphatic heterocycles. The molecule has 0 spiro atoms. The number of nitrogens with one attached hydrogen (secondary N) is 1. The van der Waals surface area contributed by atoms with Crippen molar-refractivity contribution in [3.63, 3.8) is 0 Å². The number of fused-ring (bicyclic) bond motifs is 1. The second kappa shape index (κ2) is 11.5. The van der Waals surface area contributed by atoms with Crippen LogP contribution < -0.4 is 10.2 Å². The summed E-state index contributed by atoms with van der Waals surface area (Å²) in [6.07, 6.45) is 10.2. The van der Waals surface area contributed by atoms with Crippen LogP contribution in [0.15, 0.2) is 22.7 Å². The van der Waals surface area contributed by atoms with Crippen LogP contribution in [-0.2, 0) is 9.53 Å². The Kier molecular flexibility index (Phi) is 8.15. The van der Waals surface area contributed by atoms with Crippen LogP contribution in [0.4, 0.5) is 5.82 Å². The van der Waals surface area contributed by atoms with E-state index in [1.54, 1.807) is 7.11 Å². The van der Waals surface area contributed by atoms with Gasteiger partial charge in [-0.1, -0.05) is 16.8 Å². The van der Waals surface area contributed by atoms with Crippen molar-refractivity contribution < 1.29 is 14.1 Å². The minimum atomic E-state index is 0.246. The Morgan fingerprint density at radius 1 is 1.11 bits per heavy atom. The monoisotopic (exact) mass is 502 g/mol. The van der Waals surface area contributed by atoms with E-state index in [4.69, 9.17) is 20.9 Å². The van der Waals surface area contributed by atoms with E-state index in [1.165, 1.54) is 19.3 Å². The Bertz CT molecular complexity index is 982. The SMILES string of the molecule is CO[C@@H]1CC[C@@H](CC(=O)N[C@H]2CC[C@H](CCN3CCN(c4noc5cc(Cl)ccc45)CC3)CC2)C1. The van der Waals surface area contributed by atoms with Crippen molar-refractivity contribution in [2.75, 3.05) is 44.7 Å². The van der Waals surface area contributed by atoms with Gasteiger partial charge in [-0.15, -0.1) is 0 Å². The van der Waals surface area contributed by atoms with Crippen molar-refractivity contribution in [2.24, 2.45) is 11.8 Å². The number of methoxy groups -OCH3 is 1. The van der Waals surface area contributed by atoms with Gasteiger partial charge in [0.05, 0.1) is 11.5 Å². The smallest absolute Gasteiger partial charge is 0.220 e. The summed E-state index contributed by atoms with van der Waals surface area (Å²) in [4.78, 5) is 17.4. The highest BCUT2D eigenvalue weighted by Crippen LogP contribution is 2.32. The first-order chi connectivity index (χ1) is 17.1. The third kappa shape index (κ3) is 6.30. The number of piperazine rings is 1. The molecule has 0 radical (unpaired) electrons. The second-order valence-electron chi connectivity index (χ2n) is 10.8. The Labute approximate surface area is 213 Å². The highest BCUT2D eigenvalue weighted by atomic mass is 35.5. The molecule has 1 N–H and O–H groups in total. The van der Waals surface area contributed by atoms with E-state index in [-0.39, 0.29) is 5.91 Å². The molecule has 1 saturated heterocycles. The zero-order valence-corrected chi connectivity index (χ0v) is 21.6. The van der Waals surface area contributed by atoms with Crippen molar-refractivity contribution in [3.8, 4) is 0 Å². The Morgan fingerprint density at radius 3 is 2.63 bits per heavy atom. The molecule has 2 aliphatic carbocycles. The number of carbonyl (C=O) groups is 1. The van der Waals surface area contributed by atoms with Crippen LogP contribution in [0.5, 0.6) is 0 Å². The molecule has 1 amide bonds. The normalized spacial score (nSPS) is 28.0. The molecular formula is C27H39ClN4O3. The molecule has 2 aromatic rings. The minimum Gasteiger partial charge on any atom is -0.381 e. The van der Waals surface area contributed by atoms with Gasteiger partial charge in [-0.05, 0) is 81.9 Å². The second-order valence-corrected chi connectivity index (χ2v) is 11.2. The fraction of sp³-hybridized carbons (Fsp3) is 0.704. The molecule has 8 heteroatoms. The largest absolute Gasteiger partial charge is 0.381 e. The molecular weight excluding hydrogens is 464 g/mol. The number of aromatic nitrogens is 1. The molecule has 0 bridgehead atoms. The van der Waals surface area contributed by atoms with E-state index in [0.717, 1.165) is 87.5 Å². The summed E-state index contributed by atoms with van der Waals surface area (Å²) < 4.78 is 10.9. The molecule has 1 aromatic heterocycles. The Balaban J connectivity index is 0.984. The van der Waals surface area contributed by atoms with E-state index in [9.17, 15) is 4.79 Å². The number of amides is 1. The third-order valence-electron chi connectivity index (χ3n) is 8.45. The van der Waals surface area contributed by atoms with Gasteiger partial charge in [0.1, 0.15) is 0 Å². The molecule has 2 saturated carbocycles. The topological polar surface area (TPSA) is 70.8 Å². The van der Waals surface area contributed by atoms with Crippen molar-refractivity contribution in [1.82, 2.24) is 15.4 Å². The predicted molar refractivity (Wildman–Crippen MR) is 139 cm³/mol. The highest BCUT2D eigenvalue weighted by Gasteiger charge is 2.28. The Hall–Kier alpha value is -1.83. The lowest BCUT2D eigenvalue weighted by molar-refractivity contribution is -0.123. The number of halogens is 1. The van der Waals surface area contributed by atoms with Gasteiger partial charge in [0, 0.05) is 56.8 Å². The highest BCUT2D eigenvalue weighted by molar-refractivity contribution is 6.31. The Morgan fingerprint density at radius 2 is 1.89 bits per heavy atom. The fourth-order valence-electron chi connectivity index (χ4n) is 6.25. The number of nitrogens with zero attached hydrogens (tertiary/aromatic N) is 3. The number of rotatable bonds is 8. The first-order valence-electron chi connectivity index (χ1n) is 13.4. The van der Waals surface area contributed by atoms with E-state index < -0.39 is 0 Å². The van der Waals surface area contributed by atoms with Gasteiger partial charge in [0.15, 0.2) is 11.4 Å². The van der Waals surface area contributed by atoms with Crippen LogP contribution in [0, 0.1) is 11.8 Å². The van der Waals surface area contributed by atoms with Crippen LogP contribution >= 0.6 is 11.6 Å². The molecule has 192 valence electrons. The molecule has 7 nitrogen and oxygen atoms in total. The molecule has 1 aromatic carbocycles. The van der Waals surface area contributed by atoms with Gasteiger partial charge in [-0.2, -0.15) is 0 Å². The van der Waals surface area contributed by atoms with Crippen LogP contribution in [0.2, 0.25) is 5.02 Å². The van der Waals surface area contributed by atoms with E-state index in [1.807, 2.05) is 18.2 Å². The maximum Gasteiger partial charge on any atom is 0.220 e. The van der Waals surface area contributed by atoms with Crippen molar-refractivity contribution in [3.05, 3.63) is 23.2 Å². The van der Waals surface area contributed by atoms with Crippen molar-refractivity contribution in [2.45, 2.75) is 69.9 Å². The zero-order valence-electron chi connectivity index (χ0n) is 20.9. The first-order valence-corrected chi connectivity index (χ1v) is 13.8.